The molecule has 0 aliphatic heterocycles. The maximum absolute atomic E-state index is 13.8. The third-order valence-corrected chi connectivity index (χ3v) is 7.58. The van der Waals surface area contributed by atoms with Crippen LogP contribution >= 0.6 is 0 Å². The van der Waals surface area contributed by atoms with Gasteiger partial charge in [-0.1, -0.05) is 6.07 Å². The maximum Gasteiger partial charge on any atom is 0.255 e. The molecule has 0 heterocycles. The zero-order valence-electron chi connectivity index (χ0n) is 21.3. The quantitative estimate of drug-likeness (QED) is 0.240. The van der Waals surface area contributed by atoms with E-state index in [-0.39, 0.29) is 35.6 Å². The SMILES string of the molecule is CN(C)C(=O)/C=C/c1ccc(O)c2c1C[C@H]1C[C@H]3[C@H](N(C)C)C(O)=C(C(N)=O)C(=O)[C@@]3(O)C(N=O)=C1C2=O. The number of phenolic OH excluding ortho intramolecular Hbond substituents is 1. The summed E-state index contributed by atoms with van der Waals surface area (Å²) in [5.41, 5.74) is 1.52. The molecule has 5 N–H and O–H groups in total. The van der Waals surface area contributed by atoms with Crippen LogP contribution in [0.15, 0.2) is 46.0 Å². The van der Waals surface area contributed by atoms with Crippen molar-refractivity contribution in [3.05, 3.63) is 62.4 Å². The lowest BCUT2D eigenvalue weighted by molar-refractivity contribution is -0.144. The summed E-state index contributed by atoms with van der Waals surface area (Å²) in [5, 5.41) is 36.1. The Morgan fingerprint density at radius 2 is 1.82 bits per heavy atom. The second-order valence-corrected chi connectivity index (χ2v) is 10.1. The number of nitrogens with two attached hydrogens (primary N) is 1. The van der Waals surface area contributed by atoms with Crippen molar-refractivity contribution in [1.29, 1.82) is 0 Å². The minimum atomic E-state index is -2.71. The molecule has 0 unspecified atom stereocenters. The number of hydrogen-bond acceptors (Lipinski definition) is 10. The fourth-order valence-corrected chi connectivity index (χ4v) is 5.86. The number of hydrogen-bond donors (Lipinski definition) is 4. The highest BCUT2D eigenvalue weighted by molar-refractivity contribution is 6.25. The first-order chi connectivity index (χ1) is 17.8. The van der Waals surface area contributed by atoms with Crippen molar-refractivity contribution in [1.82, 2.24) is 9.80 Å². The second-order valence-electron chi connectivity index (χ2n) is 10.1. The number of primary amides is 1. The van der Waals surface area contributed by atoms with Gasteiger partial charge in [-0.25, -0.2) is 0 Å². The van der Waals surface area contributed by atoms with Crippen LogP contribution in [0.3, 0.4) is 0 Å². The molecule has 1 aromatic rings. The van der Waals surface area contributed by atoms with E-state index in [0.29, 0.717) is 11.1 Å². The number of Topliss-reactive ketones (excluding diaryl/α,β-unsaturated/α-hetero) is 2. The summed E-state index contributed by atoms with van der Waals surface area (Å²) in [5.74, 6) is -6.63. The predicted octanol–water partition coefficient (Wildman–Crippen LogP) is 0.430. The Morgan fingerprint density at radius 3 is 2.37 bits per heavy atom. The molecule has 0 saturated carbocycles. The van der Waals surface area contributed by atoms with Crippen molar-refractivity contribution in [2.45, 2.75) is 24.5 Å². The first kappa shape index (κ1) is 26.9. The number of phenols is 1. The molecule has 0 spiro atoms. The molecular formula is C26H28N4O8. The van der Waals surface area contributed by atoms with Gasteiger partial charge < -0.3 is 26.0 Å². The van der Waals surface area contributed by atoms with Crippen LogP contribution in [-0.4, -0.2) is 88.3 Å². The van der Waals surface area contributed by atoms with Gasteiger partial charge in [0.15, 0.2) is 11.4 Å². The molecule has 0 saturated heterocycles. The maximum atomic E-state index is 13.8. The van der Waals surface area contributed by atoms with Crippen LogP contribution in [0.25, 0.3) is 6.08 Å². The standard InChI is InChI=1S/C26H28N4O8/c1-29(2)16(32)8-6-11-5-7-15(31)18-13(11)9-12-10-14-20(30(3)4)22(34)19(25(27)36)24(35)26(14,37)23(28-38)17(12)21(18)33/h5-8,12,14,20,31,34,37H,9-10H2,1-4H3,(H2,27,36)/b8-6+/t12-,14-,20-,26-/m0/s1. The second kappa shape index (κ2) is 9.30. The summed E-state index contributed by atoms with van der Waals surface area (Å²) in [7, 11) is 6.26. The third-order valence-electron chi connectivity index (χ3n) is 7.58. The lowest BCUT2D eigenvalue weighted by Crippen LogP contribution is -2.63. The van der Waals surface area contributed by atoms with E-state index in [1.165, 1.54) is 28.0 Å². The lowest BCUT2D eigenvalue weighted by atomic mass is 9.58. The molecule has 2 amide bonds. The van der Waals surface area contributed by atoms with Gasteiger partial charge in [-0.05, 0) is 61.3 Å². The van der Waals surface area contributed by atoms with Crippen molar-refractivity contribution in [3.8, 4) is 5.75 Å². The summed E-state index contributed by atoms with van der Waals surface area (Å²) in [6.07, 6.45) is 2.89. The van der Waals surface area contributed by atoms with Crippen LogP contribution < -0.4 is 5.73 Å². The molecule has 38 heavy (non-hydrogen) atoms. The third kappa shape index (κ3) is 3.75. The van der Waals surface area contributed by atoms with Gasteiger partial charge in [-0.2, -0.15) is 0 Å². The lowest BCUT2D eigenvalue weighted by Gasteiger charge is -2.50. The van der Waals surface area contributed by atoms with Gasteiger partial charge in [0, 0.05) is 31.7 Å². The van der Waals surface area contributed by atoms with Crippen LogP contribution in [0.1, 0.15) is 27.9 Å². The number of rotatable bonds is 5. The largest absolute Gasteiger partial charge is 0.510 e. The van der Waals surface area contributed by atoms with Gasteiger partial charge in [0.2, 0.25) is 11.7 Å². The van der Waals surface area contributed by atoms with E-state index < -0.39 is 58.0 Å². The predicted molar refractivity (Wildman–Crippen MR) is 135 cm³/mol. The van der Waals surface area contributed by atoms with Gasteiger partial charge in [0.05, 0.1) is 11.6 Å². The average molecular weight is 525 g/mol. The van der Waals surface area contributed by atoms with Crippen LogP contribution in [0.2, 0.25) is 0 Å². The summed E-state index contributed by atoms with van der Waals surface area (Å²) in [4.78, 5) is 66.4. The highest BCUT2D eigenvalue weighted by atomic mass is 16.3. The van der Waals surface area contributed by atoms with Gasteiger partial charge in [0.25, 0.3) is 5.91 Å². The van der Waals surface area contributed by atoms with Crippen LogP contribution in [0.4, 0.5) is 0 Å². The molecule has 0 radical (unpaired) electrons. The van der Waals surface area contributed by atoms with E-state index in [4.69, 9.17) is 5.73 Å². The summed E-state index contributed by atoms with van der Waals surface area (Å²) in [6, 6.07) is 1.72. The highest BCUT2D eigenvalue weighted by Gasteiger charge is 2.63. The zero-order valence-corrected chi connectivity index (χ0v) is 21.3. The van der Waals surface area contributed by atoms with Crippen molar-refractivity contribution >= 4 is 29.5 Å². The summed E-state index contributed by atoms with van der Waals surface area (Å²) < 4.78 is 0. The molecule has 0 fully saturated rings. The smallest absolute Gasteiger partial charge is 0.255 e. The number of fused-ring (bicyclic) bond motifs is 3. The number of allylic oxidation sites excluding steroid dienone is 1. The normalized spacial score (nSPS) is 26.8. The van der Waals surface area contributed by atoms with E-state index in [1.54, 1.807) is 34.3 Å². The summed E-state index contributed by atoms with van der Waals surface area (Å²) in [6.45, 7) is 0. The Morgan fingerprint density at radius 1 is 1.16 bits per heavy atom. The molecule has 12 nitrogen and oxygen atoms in total. The number of ketones is 2. The fourth-order valence-electron chi connectivity index (χ4n) is 5.86. The van der Waals surface area contributed by atoms with Gasteiger partial charge in [-0.3, -0.25) is 24.1 Å². The number of aromatic hydroxyl groups is 1. The molecule has 4 atom stereocenters. The summed E-state index contributed by atoms with van der Waals surface area (Å²) >= 11 is 0. The number of nitrogens with zero attached hydrogens (tertiary/aromatic N) is 3. The van der Waals surface area contributed by atoms with E-state index >= 15 is 0 Å². The number of nitroso groups, excluding NO2 is 1. The molecular weight excluding hydrogens is 496 g/mol. The molecule has 0 aromatic heterocycles. The van der Waals surface area contributed by atoms with E-state index in [9.17, 15) is 39.4 Å². The number of amides is 2. The van der Waals surface area contributed by atoms with E-state index in [0.717, 1.165) is 0 Å². The first-order valence-electron chi connectivity index (χ1n) is 11.8. The Bertz CT molecular complexity index is 1390. The Kier molecular flexibility index (Phi) is 6.58. The van der Waals surface area contributed by atoms with E-state index in [2.05, 4.69) is 5.18 Å². The molecule has 3 aliphatic carbocycles. The van der Waals surface area contributed by atoms with Crippen LogP contribution in [0, 0.1) is 16.7 Å². The molecule has 1 aromatic carbocycles. The minimum Gasteiger partial charge on any atom is -0.510 e. The molecule has 3 aliphatic rings. The van der Waals surface area contributed by atoms with Gasteiger partial charge in [-0.15, -0.1) is 4.91 Å². The molecule has 200 valence electrons. The van der Waals surface area contributed by atoms with Crippen molar-refractivity contribution < 1.29 is 34.5 Å². The molecule has 12 heteroatoms. The Balaban J connectivity index is 1.95. The van der Waals surface area contributed by atoms with Crippen LogP contribution in [-0.2, 0) is 20.8 Å². The molecule has 4 rings (SSSR count). The van der Waals surface area contributed by atoms with Gasteiger partial charge in [0.1, 0.15) is 22.8 Å². The number of aliphatic hydroxyl groups excluding tert-OH is 1. The van der Waals surface area contributed by atoms with Crippen molar-refractivity contribution in [2.24, 2.45) is 22.7 Å². The number of aliphatic hydroxyl groups is 2. The highest BCUT2D eigenvalue weighted by Crippen LogP contribution is 2.53. The molecule has 0 bridgehead atoms. The zero-order chi connectivity index (χ0) is 28.3. The Labute approximate surface area is 217 Å². The first-order valence-corrected chi connectivity index (χ1v) is 11.8. The monoisotopic (exact) mass is 524 g/mol. The van der Waals surface area contributed by atoms with Crippen molar-refractivity contribution in [3.63, 3.8) is 0 Å². The number of likely N-dealkylation sites (N-methyl/N-ethyl adjacent to an activating group) is 2. The number of carbonyl (C=O) groups excluding carboxylic acids is 4. The van der Waals surface area contributed by atoms with Crippen LogP contribution in [0.5, 0.6) is 5.75 Å². The Hall–Kier alpha value is -4.16. The topological polar surface area (TPSA) is 191 Å². The number of benzene rings is 1. The van der Waals surface area contributed by atoms with E-state index in [1.807, 2.05) is 0 Å². The van der Waals surface area contributed by atoms with Gasteiger partial charge >= 0.3 is 0 Å². The average Bonchev–Trinajstić information content (AvgIpc) is 2.83. The minimum absolute atomic E-state index is 0.0455. The number of carbonyl (C=O) groups is 4. The van der Waals surface area contributed by atoms with Crippen molar-refractivity contribution in [2.75, 3.05) is 28.2 Å². The fraction of sp³-hybridized carbons (Fsp3) is 0.385.